The summed E-state index contributed by atoms with van der Waals surface area (Å²) in [4.78, 5) is 16.8. The van der Waals surface area contributed by atoms with E-state index < -0.39 is 0 Å². The van der Waals surface area contributed by atoms with Crippen LogP contribution in [0.5, 0.6) is 5.75 Å². The largest absolute Gasteiger partial charge is 0.496 e. The fraction of sp³-hybridized carbons (Fsp3) is 0.667. The van der Waals surface area contributed by atoms with Crippen molar-refractivity contribution >= 4 is 37.8 Å². The van der Waals surface area contributed by atoms with Crippen molar-refractivity contribution in [2.75, 3.05) is 47.9 Å². The van der Waals surface area contributed by atoms with Crippen molar-refractivity contribution < 1.29 is 9.53 Å². The SMILES string of the molecule is CC[C@H](C)[C@@H](C(=O)NCCCN(C)CCc1cc(OC)c(Br)cc1Br)N(C)C. The summed E-state index contributed by atoms with van der Waals surface area (Å²) in [5.41, 5.74) is 1.22. The van der Waals surface area contributed by atoms with E-state index in [9.17, 15) is 4.79 Å². The molecule has 0 saturated heterocycles. The van der Waals surface area contributed by atoms with Crippen molar-refractivity contribution in [1.29, 1.82) is 0 Å². The molecule has 0 saturated carbocycles. The lowest BCUT2D eigenvalue weighted by Gasteiger charge is -2.28. The first-order valence-electron chi connectivity index (χ1n) is 9.85. The van der Waals surface area contributed by atoms with Crippen molar-refractivity contribution in [3.63, 3.8) is 0 Å². The fourth-order valence-corrected chi connectivity index (χ4v) is 4.59. The molecule has 1 rings (SSSR count). The van der Waals surface area contributed by atoms with Crippen LogP contribution >= 0.6 is 31.9 Å². The van der Waals surface area contributed by atoms with Crippen molar-refractivity contribution in [3.8, 4) is 5.75 Å². The molecule has 0 spiro atoms. The molecule has 0 aliphatic carbocycles. The highest BCUT2D eigenvalue weighted by Gasteiger charge is 2.25. The van der Waals surface area contributed by atoms with Gasteiger partial charge in [-0.1, -0.05) is 36.2 Å². The molecule has 1 N–H and O–H groups in total. The molecule has 0 heterocycles. The maximum absolute atomic E-state index is 12.5. The molecule has 0 bridgehead atoms. The minimum Gasteiger partial charge on any atom is -0.496 e. The zero-order chi connectivity index (χ0) is 21.3. The van der Waals surface area contributed by atoms with Crippen LogP contribution in [0.1, 0.15) is 32.3 Å². The van der Waals surface area contributed by atoms with Gasteiger partial charge in [0.2, 0.25) is 5.91 Å². The van der Waals surface area contributed by atoms with Crippen LogP contribution in [0.3, 0.4) is 0 Å². The van der Waals surface area contributed by atoms with Gasteiger partial charge in [-0.2, -0.15) is 0 Å². The summed E-state index contributed by atoms with van der Waals surface area (Å²) in [5, 5.41) is 3.10. The van der Waals surface area contributed by atoms with Gasteiger partial charge in [-0.25, -0.2) is 0 Å². The fourth-order valence-electron chi connectivity index (χ4n) is 3.23. The van der Waals surface area contributed by atoms with E-state index in [1.165, 1.54) is 5.56 Å². The van der Waals surface area contributed by atoms with E-state index in [1.54, 1.807) is 7.11 Å². The second-order valence-corrected chi connectivity index (χ2v) is 9.28. The van der Waals surface area contributed by atoms with Crippen LogP contribution in [0.4, 0.5) is 0 Å². The Bertz CT molecular complexity index is 626. The zero-order valence-corrected chi connectivity index (χ0v) is 21.2. The number of rotatable bonds is 12. The summed E-state index contributed by atoms with van der Waals surface area (Å²) in [6.07, 6.45) is 2.87. The second-order valence-electron chi connectivity index (χ2n) is 7.57. The van der Waals surface area contributed by atoms with E-state index >= 15 is 0 Å². The number of hydrogen-bond donors (Lipinski definition) is 1. The van der Waals surface area contributed by atoms with Crippen LogP contribution in [0, 0.1) is 5.92 Å². The molecule has 0 aliphatic heterocycles. The van der Waals surface area contributed by atoms with Crippen LogP contribution < -0.4 is 10.1 Å². The predicted molar refractivity (Wildman–Crippen MR) is 124 cm³/mol. The Morgan fingerprint density at radius 1 is 1.18 bits per heavy atom. The number of nitrogens with zero attached hydrogens (tertiary/aromatic N) is 2. The summed E-state index contributed by atoms with van der Waals surface area (Å²) >= 11 is 7.13. The third-order valence-corrected chi connectivity index (χ3v) is 6.47. The number of benzene rings is 1. The Morgan fingerprint density at radius 2 is 1.86 bits per heavy atom. The lowest BCUT2D eigenvalue weighted by molar-refractivity contribution is -0.127. The number of ether oxygens (including phenoxy) is 1. The Labute approximate surface area is 187 Å². The highest BCUT2D eigenvalue weighted by atomic mass is 79.9. The van der Waals surface area contributed by atoms with E-state index in [4.69, 9.17) is 4.74 Å². The molecule has 0 fully saturated rings. The smallest absolute Gasteiger partial charge is 0.237 e. The van der Waals surface area contributed by atoms with Crippen LogP contribution in [0.15, 0.2) is 21.1 Å². The van der Waals surface area contributed by atoms with Crippen molar-refractivity contribution in [2.24, 2.45) is 5.92 Å². The maximum Gasteiger partial charge on any atom is 0.237 e. The van der Waals surface area contributed by atoms with Gasteiger partial charge in [0.15, 0.2) is 0 Å². The number of halogens is 2. The Kier molecular flexibility index (Phi) is 11.6. The Balaban J connectivity index is 2.40. The van der Waals surface area contributed by atoms with E-state index in [1.807, 2.05) is 25.1 Å². The van der Waals surface area contributed by atoms with E-state index in [0.717, 1.165) is 47.0 Å². The zero-order valence-electron chi connectivity index (χ0n) is 18.0. The number of carbonyl (C=O) groups excluding carboxylic acids is 1. The lowest BCUT2D eigenvalue weighted by Crippen LogP contribution is -2.47. The number of methoxy groups -OCH3 is 1. The molecule has 0 aromatic heterocycles. The number of nitrogens with one attached hydrogen (secondary N) is 1. The third-order valence-electron chi connectivity index (χ3n) is 5.11. The summed E-state index contributed by atoms with van der Waals surface area (Å²) in [6.45, 7) is 6.86. The molecule has 7 heteroatoms. The highest BCUT2D eigenvalue weighted by Crippen LogP contribution is 2.31. The number of amides is 1. The molecule has 1 aromatic carbocycles. The first-order valence-corrected chi connectivity index (χ1v) is 11.4. The summed E-state index contributed by atoms with van der Waals surface area (Å²) in [6, 6.07) is 4.04. The predicted octanol–water partition coefficient (Wildman–Crippen LogP) is 4.18. The van der Waals surface area contributed by atoms with Crippen LogP contribution in [-0.4, -0.2) is 69.6 Å². The quantitative estimate of drug-likeness (QED) is 0.420. The Morgan fingerprint density at radius 3 is 2.43 bits per heavy atom. The highest BCUT2D eigenvalue weighted by molar-refractivity contribution is 9.11. The van der Waals surface area contributed by atoms with Gasteiger partial charge in [-0.15, -0.1) is 0 Å². The molecule has 28 heavy (non-hydrogen) atoms. The van der Waals surface area contributed by atoms with Gasteiger partial charge in [0.1, 0.15) is 5.75 Å². The van der Waals surface area contributed by atoms with Crippen LogP contribution in [0.2, 0.25) is 0 Å². The standard InChI is InChI=1S/C21H35Br2N3O2/c1-7-15(2)20(25(3)4)21(27)24-10-8-11-26(5)12-9-16-13-19(28-6)18(23)14-17(16)22/h13-15,20H,7-12H2,1-6H3,(H,24,27)/t15-,20-/m0/s1. The molecule has 1 aromatic rings. The monoisotopic (exact) mass is 519 g/mol. The first-order chi connectivity index (χ1) is 13.2. The lowest BCUT2D eigenvalue weighted by atomic mass is 9.97. The molecule has 5 nitrogen and oxygen atoms in total. The van der Waals surface area contributed by atoms with E-state index in [-0.39, 0.29) is 11.9 Å². The normalized spacial score (nSPS) is 13.6. The van der Waals surface area contributed by atoms with Crippen molar-refractivity contribution in [1.82, 2.24) is 15.1 Å². The summed E-state index contributed by atoms with van der Waals surface area (Å²) in [7, 11) is 7.74. The molecular formula is C21H35Br2N3O2. The van der Waals surface area contributed by atoms with E-state index in [0.29, 0.717) is 12.5 Å². The third kappa shape index (κ3) is 8.01. The average Bonchev–Trinajstić information content (AvgIpc) is 2.64. The topological polar surface area (TPSA) is 44.8 Å². The molecule has 1 amide bonds. The summed E-state index contributed by atoms with van der Waals surface area (Å²) < 4.78 is 7.42. The number of hydrogen-bond acceptors (Lipinski definition) is 4. The van der Waals surface area contributed by atoms with Gasteiger partial charge >= 0.3 is 0 Å². The number of carbonyl (C=O) groups is 1. The van der Waals surface area contributed by atoms with Gasteiger partial charge in [-0.05, 0) is 80.1 Å². The molecule has 160 valence electrons. The molecule has 0 radical (unpaired) electrons. The van der Waals surface area contributed by atoms with Crippen LogP contribution in [-0.2, 0) is 11.2 Å². The molecule has 0 unspecified atom stereocenters. The molecule has 2 atom stereocenters. The van der Waals surface area contributed by atoms with Gasteiger partial charge in [0.05, 0.1) is 17.6 Å². The molecular weight excluding hydrogens is 486 g/mol. The first kappa shape index (κ1) is 25.4. The maximum atomic E-state index is 12.5. The molecule has 0 aliphatic rings. The second kappa shape index (κ2) is 12.8. The number of likely N-dealkylation sites (N-methyl/N-ethyl adjacent to an activating group) is 2. The van der Waals surface area contributed by atoms with E-state index in [2.05, 4.69) is 69.0 Å². The van der Waals surface area contributed by atoms with Crippen LogP contribution in [0.25, 0.3) is 0 Å². The minimum absolute atomic E-state index is 0.0625. The van der Waals surface area contributed by atoms with Crippen molar-refractivity contribution in [2.45, 2.75) is 39.2 Å². The Hall–Kier alpha value is -0.630. The van der Waals surface area contributed by atoms with Gasteiger partial charge in [0, 0.05) is 17.6 Å². The van der Waals surface area contributed by atoms with Crippen molar-refractivity contribution in [3.05, 3.63) is 26.6 Å². The minimum atomic E-state index is -0.0625. The average molecular weight is 521 g/mol. The van der Waals surface area contributed by atoms with Gasteiger partial charge in [-0.3, -0.25) is 9.69 Å². The van der Waals surface area contributed by atoms with Gasteiger partial charge in [0.25, 0.3) is 0 Å². The summed E-state index contributed by atoms with van der Waals surface area (Å²) in [5.74, 6) is 1.33. The van der Waals surface area contributed by atoms with Gasteiger partial charge < -0.3 is 15.0 Å².